The Labute approximate surface area is 174 Å². The molecule has 1 aromatic rings. The zero-order chi connectivity index (χ0) is 21.1. The van der Waals surface area contributed by atoms with E-state index in [1.807, 2.05) is 0 Å². The Morgan fingerprint density at radius 1 is 1.41 bits per heavy atom. The maximum atomic E-state index is 12.7. The standard InChI is InChI=1S/C24H37NO4/c1-17-6-9-21-23(2,11-5-12-24(21,3)22(27)28-4)19(17)8-7-18-10-15-29-20(18)16-25-13-14-26/h10,15,19,21,25-26H,1,5-9,11-14,16H2,2-4H3/t19-,21+,23-,24-/m0/s1. The lowest BCUT2D eigenvalue weighted by Gasteiger charge is -2.57. The number of allylic oxidation sites excluding steroid dienone is 1. The summed E-state index contributed by atoms with van der Waals surface area (Å²) in [5.74, 6) is 1.64. The molecule has 2 saturated carbocycles. The molecule has 2 fully saturated rings. The van der Waals surface area contributed by atoms with Gasteiger partial charge in [-0.25, -0.2) is 0 Å². The quantitative estimate of drug-likeness (QED) is 0.386. The molecule has 0 bridgehead atoms. The van der Waals surface area contributed by atoms with E-state index in [0.29, 0.717) is 24.9 Å². The molecule has 1 aromatic heterocycles. The number of carbonyl (C=O) groups excluding carboxylic acids is 1. The van der Waals surface area contributed by atoms with E-state index < -0.39 is 5.41 Å². The summed E-state index contributed by atoms with van der Waals surface area (Å²) in [5, 5.41) is 12.2. The van der Waals surface area contributed by atoms with Crippen molar-refractivity contribution in [1.29, 1.82) is 0 Å². The van der Waals surface area contributed by atoms with Gasteiger partial charge in [0.2, 0.25) is 0 Å². The van der Waals surface area contributed by atoms with Gasteiger partial charge < -0.3 is 19.6 Å². The number of fused-ring (bicyclic) bond motifs is 1. The molecule has 5 heteroatoms. The highest BCUT2D eigenvalue weighted by Crippen LogP contribution is 2.62. The molecule has 2 N–H and O–H groups in total. The monoisotopic (exact) mass is 403 g/mol. The van der Waals surface area contributed by atoms with E-state index in [0.717, 1.165) is 50.7 Å². The summed E-state index contributed by atoms with van der Waals surface area (Å²) >= 11 is 0. The number of methoxy groups -OCH3 is 1. The zero-order valence-electron chi connectivity index (χ0n) is 18.3. The molecular weight excluding hydrogens is 366 g/mol. The first-order chi connectivity index (χ1) is 13.9. The Balaban J connectivity index is 1.76. The average Bonchev–Trinajstić information content (AvgIpc) is 3.14. The molecule has 0 radical (unpaired) electrons. The van der Waals surface area contributed by atoms with Crippen LogP contribution in [-0.4, -0.2) is 31.3 Å². The fourth-order valence-electron chi connectivity index (χ4n) is 6.29. The molecule has 0 spiro atoms. The van der Waals surface area contributed by atoms with E-state index >= 15 is 0 Å². The maximum absolute atomic E-state index is 12.7. The predicted octanol–water partition coefficient (Wildman–Crippen LogP) is 4.25. The lowest BCUT2D eigenvalue weighted by Crippen LogP contribution is -2.53. The van der Waals surface area contributed by atoms with Gasteiger partial charge in [-0.15, -0.1) is 0 Å². The number of aliphatic hydroxyl groups is 1. The predicted molar refractivity (Wildman–Crippen MR) is 113 cm³/mol. The van der Waals surface area contributed by atoms with Crippen molar-refractivity contribution < 1.29 is 19.1 Å². The minimum atomic E-state index is -0.393. The highest BCUT2D eigenvalue weighted by atomic mass is 16.5. The van der Waals surface area contributed by atoms with E-state index in [2.05, 4.69) is 31.8 Å². The Hall–Kier alpha value is -1.59. The van der Waals surface area contributed by atoms with Crippen molar-refractivity contribution in [3.8, 4) is 0 Å². The molecule has 2 aliphatic rings. The average molecular weight is 404 g/mol. The Bertz CT molecular complexity index is 726. The van der Waals surface area contributed by atoms with Crippen molar-refractivity contribution >= 4 is 5.97 Å². The van der Waals surface area contributed by atoms with Crippen LogP contribution in [0, 0.1) is 22.7 Å². The second-order valence-corrected chi connectivity index (χ2v) is 9.38. The highest BCUT2D eigenvalue weighted by Gasteiger charge is 2.57. The second-order valence-electron chi connectivity index (χ2n) is 9.38. The molecule has 0 unspecified atom stereocenters. The lowest BCUT2D eigenvalue weighted by molar-refractivity contribution is -0.168. The number of hydrogen-bond acceptors (Lipinski definition) is 5. The summed E-state index contributed by atoms with van der Waals surface area (Å²) in [6, 6.07) is 2.06. The van der Waals surface area contributed by atoms with Crippen LogP contribution in [0.25, 0.3) is 0 Å². The minimum Gasteiger partial charge on any atom is -0.469 e. The topological polar surface area (TPSA) is 71.7 Å². The van der Waals surface area contributed by atoms with Gasteiger partial charge in [-0.1, -0.05) is 25.5 Å². The van der Waals surface area contributed by atoms with Gasteiger partial charge in [0.25, 0.3) is 0 Å². The van der Waals surface area contributed by atoms with Gasteiger partial charge in [-0.05, 0) is 74.3 Å². The number of rotatable bonds is 8. The van der Waals surface area contributed by atoms with Crippen LogP contribution in [0.2, 0.25) is 0 Å². The first-order valence-corrected chi connectivity index (χ1v) is 11.0. The van der Waals surface area contributed by atoms with Crippen LogP contribution in [0.5, 0.6) is 0 Å². The SMILES string of the molecule is C=C1CC[C@@H]2[C@@](C)(CCC[C@]2(C)C(=O)OC)[C@H]1CCc1ccoc1CNCCO. The smallest absolute Gasteiger partial charge is 0.311 e. The van der Waals surface area contributed by atoms with Gasteiger partial charge in [-0.2, -0.15) is 0 Å². The summed E-state index contributed by atoms with van der Waals surface area (Å²) in [6.07, 6.45) is 8.85. The number of esters is 1. The lowest BCUT2D eigenvalue weighted by atomic mass is 9.46. The van der Waals surface area contributed by atoms with Crippen LogP contribution in [0.1, 0.15) is 63.7 Å². The summed E-state index contributed by atoms with van der Waals surface area (Å²) in [7, 11) is 1.52. The number of hydrogen-bond donors (Lipinski definition) is 2. The number of nitrogens with one attached hydrogen (secondary N) is 1. The summed E-state index contributed by atoms with van der Waals surface area (Å²) in [4.78, 5) is 12.7. The van der Waals surface area contributed by atoms with E-state index in [-0.39, 0.29) is 18.0 Å². The van der Waals surface area contributed by atoms with Gasteiger partial charge in [0, 0.05) is 6.54 Å². The van der Waals surface area contributed by atoms with Gasteiger partial charge in [0.05, 0.1) is 31.9 Å². The first kappa shape index (κ1) is 22.1. The van der Waals surface area contributed by atoms with Crippen molar-refractivity contribution in [2.24, 2.45) is 22.7 Å². The number of carbonyl (C=O) groups is 1. The second kappa shape index (κ2) is 9.05. The third kappa shape index (κ3) is 4.17. The summed E-state index contributed by atoms with van der Waals surface area (Å²) < 4.78 is 10.9. The molecule has 2 aliphatic carbocycles. The van der Waals surface area contributed by atoms with Gasteiger partial charge in [0.15, 0.2) is 0 Å². The van der Waals surface area contributed by atoms with Crippen molar-refractivity contribution in [2.45, 2.75) is 65.3 Å². The van der Waals surface area contributed by atoms with E-state index in [1.54, 1.807) is 6.26 Å². The van der Waals surface area contributed by atoms with Crippen LogP contribution < -0.4 is 5.32 Å². The van der Waals surface area contributed by atoms with Gasteiger partial charge in [-0.3, -0.25) is 4.79 Å². The minimum absolute atomic E-state index is 0.0493. The third-order valence-electron chi connectivity index (χ3n) is 7.79. The zero-order valence-corrected chi connectivity index (χ0v) is 18.3. The van der Waals surface area contributed by atoms with Gasteiger partial charge >= 0.3 is 5.97 Å². The highest BCUT2D eigenvalue weighted by molar-refractivity contribution is 5.77. The molecule has 162 valence electrons. The Morgan fingerprint density at radius 3 is 2.93 bits per heavy atom. The summed E-state index contributed by atoms with van der Waals surface area (Å²) in [6.45, 7) is 10.3. The Kier molecular flexibility index (Phi) is 6.90. The number of aryl methyl sites for hydroxylation is 1. The fourth-order valence-corrected chi connectivity index (χ4v) is 6.29. The van der Waals surface area contributed by atoms with Gasteiger partial charge in [0.1, 0.15) is 5.76 Å². The fraction of sp³-hybridized carbons (Fsp3) is 0.708. The van der Waals surface area contributed by atoms with Crippen LogP contribution >= 0.6 is 0 Å². The van der Waals surface area contributed by atoms with Crippen molar-refractivity contribution in [3.05, 3.63) is 35.8 Å². The first-order valence-electron chi connectivity index (χ1n) is 11.0. The van der Waals surface area contributed by atoms with Crippen molar-refractivity contribution in [3.63, 3.8) is 0 Å². The molecule has 29 heavy (non-hydrogen) atoms. The van der Waals surface area contributed by atoms with E-state index in [1.165, 1.54) is 18.2 Å². The van der Waals surface area contributed by atoms with Crippen LogP contribution in [0.4, 0.5) is 0 Å². The molecule has 4 atom stereocenters. The number of furan rings is 1. The molecule has 0 aliphatic heterocycles. The number of ether oxygens (including phenoxy) is 1. The van der Waals surface area contributed by atoms with E-state index in [4.69, 9.17) is 14.3 Å². The molecule has 0 amide bonds. The molecular formula is C24H37NO4. The normalized spacial score (nSPS) is 32.1. The molecule has 0 aromatic carbocycles. The third-order valence-corrected chi connectivity index (χ3v) is 7.79. The Morgan fingerprint density at radius 2 is 2.21 bits per heavy atom. The largest absolute Gasteiger partial charge is 0.469 e. The van der Waals surface area contributed by atoms with Crippen LogP contribution in [-0.2, 0) is 22.5 Å². The molecule has 1 heterocycles. The number of aliphatic hydroxyl groups excluding tert-OH is 1. The van der Waals surface area contributed by atoms with Crippen molar-refractivity contribution in [1.82, 2.24) is 5.32 Å². The van der Waals surface area contributed by atoms with Crippen molar-refractivity contribution in [2.75, 3.05) is 20.3 Å². The molecule has 0 saturated heterocycles. The van der Waals surface area contributed by atoms with Crippen LogP contribution in [0.3, 0.4) is 0 Å². The molecule has 3 rings (SSSR count). The van der Waals surface area contributed by atoms with E-state index in [9.17, 15) is 4.79 Å². The maximum Gasteiger partial charge on any atom is 0.311 e. The van der Waals surface area contributed by atoms with Crippen LogP contribution in [0.15, 0.2) is 28.9 Å². The molecule has 5 nitrogen and oxygen atoms in total. The summed E-state index contributed by atoms with van der Waals surface area (Å²) in [5.41, 5.74) is 2.24.